The SMILES string of the molecule is C=C1[C@@H](O)C[C@H](OC(C)=O)[C@]2(C)[C@@H](OC(=O)c3ccccc3)[C@H](O)C3=C(C)[C@@H](O)C[C@@]3(C(C)(C)O)[C@@H](OC(C)=O)[C@H]12. The second-order valence-electron chi connectivity index (χ2n) is 12.3. The van der Waals surface area contributed by atoms with Gasteiger partial charge in [0.1, 0.15) is 24.4 Å². The van der Waals surface area contributed by atoms with E-state index in [1.54, 1.807) is 44.2 Å². The number of hydrogen-bond donors (Lipinski definition) is 4. The predicted octanol–water partition coefficient (Wildman–Crippen LogP) is 2.23. The van der Waals surface area contributed by atoms with Crippen molar-refractivity contribution in [2.75, 3.05) is 0 Å². The number of rotatable bonds is 5. The van der Waals surface area contributed by atoms with Crippen molar-refractivity contribution in [2.24, 2.45) is 16.7 Å². The maximum absolute atomic E-state index is 13.5. The van der Waals surface area contributed by atoms with Crippen molar-refractivity contribution in [1.29, 1.82) is 0 Å². The molecule has 1 aromatic rings. The lowest BCUT2D eigenvalue weighted by Crippen LogP contribution is -2.63. The van der Waals surface area contributed by atoms with Gasteiger partial charge in [-0.3, -0.25) is 9.59 Å². The molecule has 2 fully saturated rings. The quantitative estimate of drug-likeness (QED) is 0.234. The van der Waals surface area contributed by atoms with Gasteiger partial charge in [0.15, 0.2) is 0 Å². The number of esters is 3. The van der Waals surface area contributed by atoms with Gasteiger partial charge in [0, 0.05) is 26.2 Å². The number of ether oxygens (including phenoxy) is 3. The van der Waals surface area contributed by atoms with Crippen molar-refractivity contribution < 1.29 is 49.0 Å². The van der Waals surface area contributed by atoms with Crippen LogP contribution in [0.2, 0.25) is 0 Å². The molecule has 1 aromatic carbocycles. The van der Waals surface area contributed by atoms with Crippen LogP contribution in [0, 0.1) is 16.7 Å². The maximum atomic E-state index is 13.5. The number of aliphatic hydroxyl groups excluding tert-OH is 3. The maximum Gasteiger partial charge on any atom is 0.338 e. The van der Waals surface area contributed by atoms with E-state index < -0.39 is 76.9 Å². The first kappa shape index (κ1) is 30.9. The van der Waals surface area contributed by atoms with Crippen LogP contribution in [0.3, 0.4) is 0 Å². The van der Waals surface area contributed by atoms with E-state index in [-0.39, 0.29) is 29.6 Å². The number of carbonyl (C=O) groups excluding carboxylic acids is 3. The highest BCUT2D eigenvalue weighted by Gasteiger charge is 2.73. The second-order valence-corrected chi connectivity index (χ2v) is 12.3. The van der Waals surface area contributed by atoms with Gasteiger partial charge in [0.25, 0.3) is 0 Å². The summed E-state index contributed by atoms with van der Waals surface area (Å²) in [6, 6.07) is 8.13. The summed E-state index contributed by atoms with van der Waals surface area (Å²) >= 11 is 0. The number of hydrogen-bond acceptors (Lipinski definition) is 10. The lowest BCUT2D eigenvalue weighted by Gasteiger charge is -2.55. The Hall–Kier alpha value is -3.05. The minimum atomic E-state index is -1.72. The first-order valence-corrected chi connectivity index (χ1v) is 13.7. The molecule has 2 saturated carbocycles. The molecule has 3 aliphatic rings. The van der Waals surface area contributed by atoms with Crippen LogP contribution in [0.15, 0.2) is 53.6 Å². The van der Waals surface area contributed by atoms with Crippen molar-refractivity contribution in [3.05, 3.63) is 59.2 Å². The first-order valence-electron chi connectivity index (χ1n) is 13.7. The summed E-state index contributed by atoms with van der Waals surface area (Å²) in [5.74, 6) is -3.27. The molecule has 0 heterocycles. The van der Waals surface area contributed by atoms with E-state index in [1.807, 2.05) is 0 Å². The van der Waals surface area contributed by atoms with Crippen molar-refractivity contribution in [2.45, 2.75) is 96.6 Å². The average Bonchev–Trinajstić information content (AvgIpc) is 3.12. The molecular formula is C31H40O10. The van der Waals surface area contributed by atoms with E-state index >= 15 is 0 Å². The van der Waals surface area contributed by atoms with E-state index in [0.29, 0.717) is 5.57 Å². The van der Waals surface area contributed by atoms with Crippen LogP contribution in [0.1, 0.15) is 64.7 Å². The molecule has 10 heteroatoms. The minimum absolute atomic E-state index is 0.125. The third-order valence-electron chi connectivity index (χ3n) is 9.47. The van der Waals surface area contributed by atoms with Crippen LogP contribution in [-0.2, 0) is 23.8 Å². The van der Waals surface area contributed by atoms with Gasteiger partial charge in [-0.2, -0.15) is 0 Å². The van der Waals surface area contributed by atoms with Crippen molar-refractivity contribution in [1.82, 2.24) is 0 Å². The molecule has 4 N–H and O–H groups in total. The van der Waals surface area contributed by atoms with Gasteiger partial charge < -0.3 is 34.6 Å². The number of carbonyl (C=O) groups is 3. The summed E-state index contributed by atoms with van der Waals surface area (Å²) < 4.78 is 17.8. The Bertz CT molecular complexity index is 1260. The van der Waals surface area contributed by atoms with Crippen molar-refractivity contribution >= 4 is 17.9 Å². The Morgan fingerprint density at radius 3 is 2.07 bits per heavy atom. The molecule has 0 saturated heterocycles. The molecule has 224 valence electrons. The topological polar surface area (TPSA) is 160 Å². The van der Waals surface area contributed by atoms with Gasteiger partial charge in [0.05, 0.1) is 34.2 Å². The summed E-state index contributed by atoms with van der Waals surface area (Å²) in [5, 5.41) is 46.4. The summed E-state index contributed by atoms with van der Waals surface area (Å²) in [4.78, 5) is 38.6. The molecule has 0 spiro atoms. The van der Waals surface area contributed by atoms with Crippen LogP contribution >= 0.6 is 0 Å². The Labute approximate surface area is 239 Å². The molecule has 3 aliphatic carbocycles. The smallest absolute Gasteiger partial charge is 0.338 e. The van der Waals surface area contributed by atoms with Gasteiger partial charge in [-0.05, 0) is 56.0 Å². The van der Waals surface area contributed by atoms with Crippen LogP contribution in [0.4, 0.5) is 0 Å². The summed E-state index contributed by atoms with van der Waals surface area (Å²) in [5.41, 5.74) is -3.97. The van der Waals surface area contributed by atoms with E-state index in [0.717, 1.165) is 0 Å². The van der Waals surface area contributed by atoms with Gasteiger partial charge in [-0.1, -0.05) is 31.7 Å². The van der Waals surface area contributed by atoms with Crippen LogP contribution in [0.5, 0.6) is 0 Å². The molecule has 4 rings (SSSR count). The zero-order valence-corrected chi connectivity index (χ0v) is 24.3. The molecule has 9 atom stereocenters. The summed E-state index contributed by atoms with van der Waals surface area (Å²) in [7, 11) is 0. The number of benzene rings is 1. The van der Waals surface area contributed by atoms with Gasteiger partial charge in [0.2, 0.25) is 0 Å². The summed E-state index contributed by atoms with van der Waals surface area (Å²) in [6.45, 7) is 12.7. The van der Waals surface area contributed by atoms with E-state index in [2.05, 4.69) is 6.58 Å². The van der Waals surface area contributed by atoms with E-state index in [9.17, 15) is 34.8 Å². The second kappa shape index (κ2) is 10.7. The van der Waals surface area contributed by atoms with Crippen LogP contribution in [-0.4, -0.2) is 80.6 Å². The highest BCUT2D eigenvalue weighted by atomic mass is 16.6. The molecule has 10 nitrogen and oxygen atoms in total. The lowest BCUT2D eigenvalue weighted by atomic mass is 9.54. The first-order chi connectivity index (χ1) is 19.0. The molecule has 0 aliphatic heterocycles. The molecule has 0 bridgehead atoms. The fourth-order valence-corrected chi connectivity index (χ4v) is 7.54. The fourth-order valence-electron chi connectivity index (χ4n) is 7.54. The van der Waals surface area contributed by atoms with Crippen LogP contribution < -0.4 is 0 Å². The standard InChI is InChI=1S/C31H40O10/c1-15-20(34)13-22(39-17(3)32)30(7)24(15)26(40-18(4)33)31(29(5,6)38)14-21(35)16(2)23(31)25(36)27(30)41-28(37)19-11-9-8-10-12-19/h8-12,20-22,24-27,34-36,38H,1,13-14H2,2-7H3/t20-,21-,22-,24-,25+,26-,27-,30-,31-/m0/s1. The van der Waals surface area contributed by atoms with Crippen molar-refractivity contribution in [3.63, 3.8) is 0 Å². The highest BCUT2D eigenvalue weighted by Crippen LogP contribution is 2.65. The van der Waals surface area contributed by atoms with Crippen LogP contribution in [0.25, 0.3) is 0 Å². The lowest BCUT2D eigenvalue weighted by molar-refractivity contribution is -0.207. The Kier molecular flexibility index (Phi) is 8.03. The Morgan fingerprint density at radius 2 is 1.54 bits per heavy atom. The van der Waals surface area contributed by atoms with Gasteiger partial charge >= 0.3 is 17.9 Å². The predicted molar refractivity (Wildman–Crippen MR) is 146 cm³/mol. The molecule has 0 amide bonds. The molecule has 41 heavy (non-hydrogen) atoms. The minimum Gasteiger partial charge on any atom is -0.462 e. The fraction of sp³-hybridized carbons (Fsp3) is 0.581. The van der Waals surface area contributed by atoms with Gasteiger partial charge in [-0.25, -0.2) is 4.79 Å². The normalized spacial score (nSPS) is 37.0. The Balaban J connectivity index is 2.08. The largest absolute Gasteiger partial charge is 0.462 e. The molecular weight excluding hydrogens is 532 g/mol. The highest BCUT2D eigenvalue weighted by molar-refractivity contribution is 5.89. The Morgan fingerprint density at radius 1 is 0.951 bits per heavy atom. The average molecular weight is 573 g/mol. The summed E-state index contributed by atoms with van der Waals surface area (Å²) in [6.07, 6.45) is -8.16. The monoisotopic (exact) mass is 572 g/mol. The molecule has 0 aromatic heterocycles. The molecule has 0 unspecified atom stereocenters. The zero-order chi connectivity index (χ0) is 30.7. The van der Waals surface area contributed by atoms with E-state index in [4.69, 9.17) is 14.2 Å². The third-order valence-corrected chi connectivity index (χ3v) is 9.47. The third kappa shape index (κ3) is 4.80. The number of fused-ring (bicyclic) bond motifs is 2. The zero-order valence-electron chi connectivity index (χ0n) is 24.3. The number of aliphatic hydroxyl groups is 4. The van der Waals surface area contributed by atoms with E-state index in [1.165, 1.54) is 27.7 Å². The van der Waals surface area contributed by atoms with Gasteiger partial charge in [-0.15, -0.1) is 0 Å². The van der Waals surface area contributed by atoms with Crippen molar-refractivity contribution in [3.8, 4) is 0 Å². The molecule has 0 radical (unpaired) electrons.